The first-order valence-corrected chi connectivity index (χ1v) is 7.13. The van der Waals surface area contributed by atoms with Crippen LogP contribution in [0.3, 0.4) is 0 Å². The number of hydrogen-bond acceptors (Lipinski definition) is 4. The normalized spacial score (nSPS) is 28.5. The molecule has 1 aromatic rings. The van der Waals surface area contributed by atoms with Crippen molar-refractivity contribution >= 4 is 5.97 Å². The Bertz CT molecular complexity index is 444. The highest BCUT2D eigenvalue weighted by atomic mass is 16.5. The van der Waals surface area contributed by atoms with E-state index in [4.69, 9.17) is 4.52 Å². The van der Waals surface area contributed by atoms with Gasteiger partial charge in [0, 0.05) is 5.92 Å². The summed E-state index contributed by atoms with van der Waals surface area (Å²) in [4.78, 5) is 15.8. The Balaban J connectivity index is 2.19. The van der Waals surface area contributed by atoms with Crippen LogP contribution in [0.4, 0.5) is 0 Å². The lowest BCUT2D eigenvalue weighted by Gasteiger charge is -2.10. The largest absolute Gasteiger partial charge is 0.481 e. The first kappa shape index (κ1) is 14.0. The molecule has 0 aliphatic heterocycles. The summed E-state index contributed by atoms with van der Waals surface area (Å²) in [7, 11) is 0. The molecule has 1 aliphatic rings. The van der Waals surface area contributed by atoms with Crippen molar-refractivity contribution in [2.45, 2.75) is 58.3 Å². The molecule has 4 atom stereocenters. The van der Waals surface area contributed by atoms with E-state index in [1.54, 1.807) is 0 Å². The molecule has 0 amide bonds. The van der Waals surface area contributed by atoms with Gasteiger partial charge in [-0.3, -0.25) is 4.79 Å². The zero-order chi connectivity index (χ0) is 14.0. The molecule has 106 valence electrons. The Morgan fingerprint density at radius 2 is 2.21 bits per heavy atom. The molecule has 0 spiro atoms. The maximum atomic E-state index is 11.4. The molecular formula is C14H22N2O3. The molecule has 5 heteroatoms. The minimum atomic E-state index is -0.746. The molecule has 1 saturated carbocycles. The molecule has 1 heterocycles. The van der Waals surface area contributed by atoms with Crippen LogP contribution < -0.4 is 0 Å². The van der Waals surface area contributed by atoms with E-state index in [1.165, 1.54) is 0 Å². The van der Waals surface area contributed by atoms with Crippen molar-refractivity contribution in [2.24, 2.45) is 11.8 Å². The van der Waals surface area contributed by atoms with Crippen LogP contribution in [-0.2, 0) is 4.79 Å². The summed E-state index contributed by atoms with van der Waals surface area (Å²) in [5.41, 5.74) is 0. The number of aromatic nitrogens is 2. The van der Waals surface area contributed by atoms with Crippen LogP contribution in [0.15, 0.2) is 4.52 Å². The zero-order valence-electron chi connectivity index (χ0n) is 11.8. The van der Waals surface area contributed by atoms with Crippen molar-refractivity contribution in [1.29, 1.82) is 0 Å². The Labute approximate surface area is 113 Å². The molecule has 1 fully saturated rings. The molecule has 0 aromatic carbocycles. The van der Waals surface area contributed by atoms with Crippen molar-refractivity contribution in [2.75, 3.05) is 0 Å². The van der Waals surface area contributed by atoms with Crippen molar-refractivity contribution in [1.82, 2.24) is 10.1 Å². The van der Waals surface area contributed by atoms with E-state index in [0.717, 1.165) is 25.7 Å². The highest BCUT2D eigenvalue weighted by molar-refractivity contribution is 5.71. The quantitative estimate of drug-likeness (QED) is 0.885. The van der Waals surface area contributed by atoms with Crippen LogP contribution in [0.25, 0.3) is 0 Å². The van der Waals surface area contributed by atoms with Crippen LogP contribution >= 0.6 is 0 Å². The second kappa shape index (κ2) is 5.72. The standard InChI is InChI=1S/C14H22N2O3/c1-4-8(3)12-15-13(19-16-12)10-6-9(5-2)7-11(10)14(17)18/h8-11H,4-7H2,1-3H3,(H,17,18). The number of carboxylic acids is 1. The van der Waals surface area contributed by atoms with Gasteiger partial charge in [-0.25, -0.2) is 0 Å². The van der Waals surface area contributed by atoms with Crippen LogP contribution in [0.1, 0.15) is 70.0 Å². The Hall–Kier alpha value is -1.39. The van der Waals surface area contributed by atoms with Crippen LogP contribution in [-0.4, -0.2) is 21.2 Å². The molecular weight excluding hydrogens is 244 g/mol. The second-order valence-corrected chi connectivity index (χ2v) is 5.60. The molecule has 2 rings (SSSR count). The van der Waals surface area contributed by atoms with Gasteiger partial charge in [-0.05, 0) is 25.2 Å². The third-order valence-electron chi connectivity index (χ3n) is 4.38. The van der Waals surface area contributed by atoms with Gasteiger partial charge in [0.2, 0.25) is 5.89 Å². The molecule has 5 nitrogen and oxygen atoms in total. The Morgan fingerprint density at radius 3 is 2.79 bits per heavy atom. The minimum Gasteiger partial charge on any atom is -0.481 e. The van der Waals surface area contributed by atoms with Gasteiger partial charge in [-0.2, -0.15) is 4.98 Å². The lowest BCUT2D eigenvalue weighted by Crippen LogP contribution is -2.17. The summed E-state index contributed by atoms with van der Waals surface area (Å²) in [6.45, 7) is 6.22. The van der Waals surface area contributed by atoms with Gasteiger partial charge < -0.3 is 9.63 Å². The van der Waals surface area contributed by atoms with Crippen LogP contribution in [0.5, 0.6) is 0 Å². The third kappa shape index (κ3) is 2.80. The molecule has 0 radical (unpaired) electrons. The van der Waals surface area contributed by atoms with Gasteiger partial charge in [0.25, 0.3) is 0 Å². The summed E-state index contributed by atoms with van der Waals surface area (Å²) >= 11 is 0. The predicted molar refractivity (Wildman–Crippen MR) is 69.9 cm³/mol. The lowest BCUT2D eigenvalue weighted by atomic mass is 9.96. The lowest BCUT2D eigenvalue weighted by molar-refractivity contribution is -0.142. The van der Waals surface area contributed by atoms with Gasteiger partial charge in [0.05, 0.1) is 11.8 Å². The molecule has 1 N–H and O–H groups in total. The van der Waals surface area contributed by atoms with Crippen LogP contribution in [0, 0.1) is 11.8 Å². The average molecular weight is 266 g/mol. The Kier molecular flexibility index (Phi) is 4.22. The summed E-state index contributed by atoms with van der Waals surface area (Å²) in [6, 6.07) is 0. The number of aliphatic carboxylic acids is 1. The average Bonchev–Trinajstić information content (AvgIpc) is 3.03. The van der Waals surface area contributed by atoms with Crippen molar-refractivity contribution < 1.29 is 14.4 Å². The van der Waals surface area contributed by atoms with E-state index in [2.05, 4.69) is 24.0 Å². The fraction of sp³-hybridized carbons (Fsp3) is 0.786. The molecule has 19 heavy (non-hydrogen) atoms. The van der Waals surface area contributed by atoms with Gasteiger partial charge >= 0.3 is 5.97 Å². The molecule has 4 unspecified atom stereocenters. The molecule has 1 aliphatic carbocycles. The van der Waals surface area contributed by atoms with Crippen molar-refractivity contribution in [3.63, 3.8) is 0 Å². The van der Waals surface area contributed by atoms with E-state index in [9.17, 15) is 9.90 Å². The third-order valence-corrected chi connectivity index (χ3v) is 4.38. The first-order chi connectivity index (χ1) is 9.06. The fourth-order valence-corrected chi connectivity index (χ4v) is 2.80. The van der Waals surface area contributed by atoms with E-state index in [1.807, 2.05) is 6.92 Å². The van der Waals surface area contributed by atoms with Gasteiger partial charge in [-0.1, -0.05) is 32.3 Å². The van der Waals surface area contributed by atoms with E-state index >= 15 is 0 Å². The number of rotatable bonds is 5. The monoisotopic (exact) mass is 266 g/mol. The molecule has 0 saturated heterocycles. The Morgan fingerprint density at radius 1 is 1.47 bits per heavy atom. The highest BCUT2D eigenvalue weighted by Gasteiger charge is 2.42. The number of carbonyl (C=O) groups is 1. The maximum absolute atomic E-state index is 11.4. The summed E-state index contributed by atoms with van der Waals surface area (Å²) < 4.78 is 5.32. The zero-order valence-corrected chi connectivity index (χ0v) is 11.8. The fourth-order valence-electron chi connectivity index (χ4n) is 2.80. The number of carboxylic acid groups (broad SMARTS) is 1. The summed E-state index contributed by atoms with van der Waals surface area (Å²) in [5.74, 6) is 0.668. The number of nitrogens with zero attached hydrogens (tertiary/aromatic N) is 2. The SMILES string of the molecule is CCC1CC(C(=O)O)C(c2nc(C(C)CC)no2)C1. The number of hydrogen-bond donors (Lipinski definition) is 1. The highest BCUT2D eigenvalue weighted by Crippen LogP contribution is 2.44. The summed E-state index contributed by atoms with van der Waals surface area (Å²) in [5, 5.41) is 13.3. The van der Waals surface area contributed by atoms with E-state index in [-0.39, 0.29) is 17.8 Å². The molecule has 0 bridgehead atoms. The first-order valence-electron chi connectivity index (χ1n) is 7.13. The molecule has 1 aromatic heterocycles. The van der Waals surface area contributed by atoms with E-state index < -0.39 is 5.97 Å². The van der Waals surface area contributed by atoms with Crippen molar-refractivity contribution in [3.05, 3.63) is 11.7 Å². The van der Waals surface area contributed by atoms with Gasteiger partial charge in [0.15, 0.2) is 5.82 Å². The van der Waals surface area contributed by atoms with Gasteiger partial charge in [-0.15, -0.1) is 0 Å². The van der Waals surface area contributed by atoms with Crippen molar-refractivity contribution in [3.8, 4) is 0 Å². The van der Waals surface area contributed by atoms with Crippen LogP contribution in [0.2, 0.25) is 0 Å². The maximum Gasteiger partial charge on any atom is 0.307 e. The summed E-state index contributed by atoms with van der Waals surface area (Å²) in [6.07, 6.45) is 3.52. The van der Waals surface area contributed by atoms with Gasteiger partial charge in [0.1, 0.15) is 0 Å². The van der Waals surface area contributed by atoms with E-state index in [0.29, 0.717) is 17.6 Å². The predicted octanol–water partition coefficient (Wildman–Crippen LogP) is 3.19. The topological polar surface area (TPSA) is 76.2 Å². The smallest absolute Gasteiger partial charge is 0.307 e. The minimum absolute atomic E-state index is 0.118. The second-order valence-electron chi connectivity index (χ2n) is 5.60.